The Morgan fingerprint density at radius 1 is 1.17 bits per heavy atom. The maximum atomic E-state index is 12.8. The zero-order valence-electron chi connectivity index (χ0n) is 16.4. The summed E-state index contributed by atoms with van der Waals surface area (Å²) in [6.07, 6.45) is -4.75. The molecule has 0 bridgehead atoms. The molecule has 1 aromatic carbocycles. The maximum absolute atomic E-state index is 12.8. The van der Waals surface area contributed by atoms with Crippen molar-refractivity contribution in [2.24, 2.45) is 5.92 Å². The van der Waals surface area contributed by atoms with E-state index in [4.69, 9.17) is 4.74 Å². The first kappa shape index (κ1) is 25.4. The number of benzene rings is 1. The molecule has 30 heavy (non-hydrogen) atoms. The van der Waals surface area contributed by atoms with Crippen molar-refractivity contribution in [2.75, 3.05) is 13.2 Å². The van der Waals surface area contributed by atoms with Gasteiger partial charge in [0.1, 0.15) is 6.04 Å². The monoisotopic (exact) mass is 453 g/mol. The van der Waals surface area contributed by atoms with Crippen LogP contribution in [0.2, 0.25) is 0 Å². The van der Waals surface area contributed by atoms with Crippen LogP contribution in [0.15, 0.2) is 29.2 Å². The predicted molar refractivity (Wildman–Crippen MR) is 98.6 cm³/mol. The topological polar surface area (TPSA) is 131 Å². The summed E-state index contributed by atoms with van der Waals surface area (Å²) >= 11 is 0. The van der Waals surface area contributed by atoms with Gasteiger partial charge in [0.25, 0.3) is 5.91 Å². The molecule has 0 aliphatic rings. The lowest BCUT2D eigenvalue weighted by molar-refractivity contribution is -0.150. The van der Waals surface area contributed by atoms with Crippen molar-refractivity contribution in [1.29, 1.82) is 0 Å². The molecule has 0 saturated heterocycles. The summed E-state index contributed by atoms with van der Waals surface area (Å²) in [5.74, 6) is -2.74. The molecule has 0 aliphatic carbocycles. The van der Waals surface area contributed by atoms with Gasteiger partial charge in [0, 0.05) is 6.54 Å². The van der Waals surface area contributed by atoms with E-state index in [0.29, 0.717) is 12.1 Å². The van der Waals surface area contributed by atoms with Gasteiger partial charge in [0.05, 0.1) is 10.5 Å². The second-order valence-electron chi connectivity index (χ2n) is 6.38. The SMILES string of the molecule is CCNC(=O)NC(=O)COC(=O)[C@@H](NS(=O)(=O)c1cccc(C(F)(F)F)c1)C(C)C. The fraction of sp³-hybridized carbons (Fsp3) is 0.471. The zero-order valence-corrected chi connectivity index (χ0v) is 17.2. The molecule has 3 N–H and O–H groups in total. The lowest BCUT2D eigenvalue weighted by atomic mass is 10.1. The first-order valence-corrected chi connectivity index (χ1v) is 10.2. The van der Waals surface area contributed by atoms with Gasteiger partial charge in [0.2, 0.25) is 10.0 Å². The van der Waals surface area contributed by atoms with Gasteiger partial charge in [-0.3, -0.25) is 14.9 Å². The summed E-state index contributed by atoms with van der Waals surface area (Å²) in [5, 5.41) is 4.17. The van der Waals surface area contributed by atoms with E-state index in [-0.39, 0.29) is 6.54 Å². The number of urea groups is 1. The standard InChI is InChI=1S/C17H22F3N3O6S/c1-4-21-16(26)22-13(24)9-29-15(25)14(10(2)3)23-30(27,28)12-7-5-6-11(8-12)17(18,19)20/h5-8,10,14,23H,4,9H2,1-3H3,(H2,21,22,24,26)/t14-/m0/s1. The fourth-order valence-electron chi connectivity index (χ4n) is 2.13. The number of hydrogen-bond acceptors (Lipinski definition) is 6. The highest BCUT2D eigenvalue weighted by atomic mass is 32.2. The Morgan fingerprint density at radius 2 is 1.80 bits per heavy atom. The minimum absolute atomic E-state index is 0.256. The normalized spacial score (nSPS) is 12.9. The number of alkyl halides is 3. The number of carbonyl (C=O) groups is 3. The van der Waals surface area contributed by atoms with E-state index in [1.165, 1.54) is 13.8 Å². The number of halogens is 3. The van der Waals surface area contributed by atoms with Gasteiger partial charge in [-0.05, 0) is 31.0 Å². The molecule has 0 aliphatic heterocycles. The van der Waals surface area contributed by atoms with Crippen molar-refractivity contribution >= 4 is 27.9 Å². The third kappa shape index (κ3) is 7.63. The van der Waals surface area contributed by atoms with Crippen molar-refractivity contribution in [3.05, 3.63) is 29.8 Å². The molecular formula is C17H22F3N3O6S. The van der Waals surface area contributed by atoms with Gasteiger partial charge >= 0.3 is 18.2 Å². The van der Waals surface area contributed by atoms with Crippen molar-refractivity contribution in [1.82, 2.24) is 15.4 Å². The quantitative estimate of drug-likeness (QED) is 0.510. The number of esters is 1. The Bertz CT molecular complexity index is 887. The van der Waals surface area contributed by atoms with E-state index in [1.54, 1.807) is 6.92 Å². The highest BCUT2D eigenvalue weighted by Crippen LogP contribution is 2.30. The maximum Gasteiger partial charge on any atom is 0.416 e. The second-order valence-corrected chi connectivity index (χ2v) is 8.10. The van der Waals surface area contributed by atoms with E-state index >= 15 is 0 Å². The number of ether oxygens (including phenoxy) is 1. The average Bonchev–Trinajstić information content (AvgIpc) is 2.63. The summed E-state index contributed by atoms with van der Waals surface area (Å²) in [7, 11) is -4.51. The van der Waals surface area contributed by atoms with Crippen LogP contribution in [0.3, 0.4) is 0 Å². The minimum Gasteiger partial charge on any atom is -0.454 e. The molecule has 3 amide bonds. The van der Waals surface area contributed by atoms with E-state index in [1.807, 2.05) is 10.0 Å². The van der Waals surface area contributed by atoms with Gasteiger partial charge in [-0.25, -0.2) is 13.2 Å². The third-order valence-corrected chi connectivity index (χ3v) is 5.05. The Hall–Kier alpha value is -2.67. The van der Waals surface area contributed by atoms with Gasteiger partial charge in [-0.2, -0.15) is 17.9 Å². The lowest BCUT2D eigenvalue weighted by Crippen LogP contribution is -2.47. The van der Waals surface area contributed by atoms with Crippen molar-refractivity contribution in [2.45, 2.75) is 37.9 Å². The number of amides is 3. The van der Waals surface area contributed by atoms with Gasteiger partial charge in [-0.1, -0.05) is 19.9 Å². The lowest BCUT2D eigenvalue weighted by Gasteiger charge is -2.21. The summed E-state index contributed by atoms with van der Waals surface area (Å²) < 4.78 is 70.2. The molecular weight excluding hydrogens is 431 g/mol. The van der Waals surface area contributed by atoms with Crippen LogP contribution in [-0.2, 0) is 30.5 Å². The van der Waals surface area contributed by atoms with Crippen LogP contribution in [0, 0.1) is 5.92 Å². The number of carbonyl (C=O) groups excluding carboxylic acids is 3. The first-order valence-electron chi connectivity index (χ1n) is 8.71. The molecule has 0 heterocycles. The zero-order chi connectivity index (χ0) is 23.1. The molecule has 168 valence electrons. The minimum atomic E-state index is -4.75. The highest BCUT2D eigenvalue weighted by molar-refractivity contribution is 7.89. The van der Waals surface area contributed by atoms with Crippen LogP contribution in [-0.4, -0.2) is 45.5 Å². The van der Waals surface area contributed by atoms with Crippen LogP contribution in [0.5, 0.6) is 0 Å². The van der Waals surface area contributed by atoms with Crippen molar-refractivity contribution in [3.63, 3.8) is 0 Å². The van der Waals surface area contributed by atoms with Crippen molar-refractivity contribution < 1.29 is 40.7 Å². The molecule has 0 radical (unpaired) electrons. The first-order chi connectivity index (χ1) is 13.8. The number of sulfonamides is 1. The van der Waals surface area contributed by atoms with Crippen LogP contribution < -0.4 is 15.4 Å². The number of nitrogens with one attached hydrogen (secondary N) is 3. The Kier molecular flexibility index (Phi) is 8.78. The van der Waals surface area contributed by atoms with Crippen LogP contribution in [0.4, 0.5) is 18.0 Å². The van der Waals surface area contributed by atoms with Gasteiger partial charge in [0.15, 0.2) is 6.61 Å². The fourth-order valence-corrected chi connectivity index (χ4v) is 3.50. The molecule has 0 fully saturated rings. The summed E-state index contributed by atoms with van der Waals surface area (Å²) in [6.45, 7) is 3.95. The molecule has 0 aromatic heterocycles. The Labute approximate surface area is 171 Å². The molecule has 13 heteroatoms. The smallest absolute Gasteiger partial charge is 0.416 e. The Balaban J connectivity index is 2.89. The summed E-state index contributed by atoms with van der Waals surface area (Å²) in [5.41, 5.74) is -1.17. The van der Waals surface area contributed by atoms with Crippen molar-refractivity contribution in [3.8, 4) is 0 Å². The molecule has 1 atom stereocenters. The Morgan fingerprint density at radius 3 is 2.33 bits per heavy atom. The second kappa shape index (κ2) is 10.4. The molecule has 9 nitrogen and oxygen atoms in total. The number of imide groups is 1. The largest absolute Gasteiger partial charge is 0.454 e. The molecule has 0 unspecified atom stereocenters. The number of hydrogen-bond donors (Lipinski definition) is 3. The highest BCUT2D eigenvalue weighted by Gasteiger charge is 2.34. The van der Waals surface area contributed by atoms with E-state index in [2.05, 4.69) is 5.32 Å². The van der Waals surface area contributed by atoms with Gasteiger partial charge in [-0.15, -0.1) is 0 Å². The van der Waals surface area contributed by atoms with Crippen LogP contribution in [0.25, 0.3) is 0 Å². The van der Waals surface area contributed by atoms with Crippen LogP contribution in [0.1, 0.15) is 26.3 Å². The molecule has 1 rings (SSSR count). The average molecular weight is 453 g/mol. The van der Waals surface area contributed by atoms with Gasteiger partial charge < -0.3 is 10.1 Å². The number of rotatable bonds is 8. The third-order valence-electron chi connectivity index (χ3n) is 3.61. The molecule has 0 spiro atoms. The molecule has 1 aromatic rings. The van der Waals surface area contributed by atoms with E-state index in [9.17, 15) is 36.0 Å². The van der Waals surface area contributed by atoms with E-state index < -0.39 is 63.1 Å². The molecule has 0 saturated carbocycles. The predicted octanol–water partition coefficient (Wildman–Crippen LogP) is 1.40. The van der Waals surface area contributed by atoms with E-state index in [0.717, 1.165) is 12.1 Å². The van der Waals surface area contributed by atoms with Crippen LogP contribution >= 0.6 is 0 Å². The summed E-state index contributed by atoms with van der Waals surface area (Å²) in [4.78, 5) is 34.3. The summed E-state index contributed by atoms with van der Waals surface area (Å²) in [6, 6.07) is 0.725.